The monoisotopic (exact) mass is 304 g/mol. The van der Waals surface area contributed by atoms with Crippen molar-refractivity contribution in [3.8, 4) is 0 Å². The number of benzene rings is 2. The van der Waals surface area contributed by atoms with Gasteiger partial charge in [-0.05, 0) is 55.0 Å². The number of thiocarbonyl (C=S) groups is 1. The van der Waals surface area contributed by atoms with Crippen LogP contribution in [0.25, 0.3) is 0 Å². The molecule has 3 nitrogen and oxygen atoms in total. The normalized spacial score (nSPS) is 9.90. The van der Waals surface area contributed by atoms with E-state index in [1.165, 1.54) is 0 Å². The van der Waals surface area contributed by atoms with Gasteiger partial charge in [-0.1, -0.05) is 29.8 Å². The van der Waals surface area contributed by atoms with Crippen molar-refractivity contribution in [3.05, 3.63) is 64.7 Å². The van der Waals surface area contributed by atoms with Gasteiger partial charge >= 0.3 is 0 Å². The molecule has 0 aromatic heterocycles. The van der Waals surface area contributed by atoms with Gasteiger partial charge in [0.05, 0.1) is 0 Å². The van der Waals surface area contributed by atoms with Gasteiger partial charge in [0, 0.05) is 16.3 Å². The van der Waals surface area contributed by atoms with Gasteiger partial charge in [-0.15, -0.1) is 0 Å². The van der Waals surface area contributed by atoms with Crippen LogP contribution in [0, 0.1) is 6.92 Å². The number of anilines is 1. The first-order valence-corrected chi connectivity index (χ1v) is 6.78. The number of hydrogen-bond donors (Lipinski definition) is 2. The van der Waals surface area contributed by atoms with Gasteiger partial charge in [-0.2, -0.15) is 0 Å². The molecule has 20 heavy (non-hydrogen) atoms. The van der Waals surface area contributed by atoms with Crippen molar-refractivity contribution in [3.63, 3.8) is 0 Å². The Morgan fingerprint density at radius 1 is 1.15 bits per heavy atom. The average Bonchev–Trinajstić information content (AvgIpc) is 2.43. The number of carbonyl (C=O) groups excluding carboxylic acids is 1. The molecule has 2 rings (SSSR count). The standard InChI is InChI=1S/C15H13ClN2OS/c1-10-9-12(16)7-8-13(10)17-15(20)18-14(19)11-5-3-2-4-6-11/h2-9H,1H3,(H2,17,18,19,20). The van der Waals surface area contributed by atoms with Crippen molar-refractivity contribution in [1.29, 1.82) is 0 Å². The molecular formula is C15H13ClN2OS. The largest absolute Gasteiger partial charge is 0.332 e. The van der Waals surface area contributed by atoms with E-state index >= 15 is 0 Å². The van der Waals surface area contributed by atoms with E-state index in [0.29, 0.717) is 10.6 Å². The minimum atomic E-state index is -0.241. The van der Waals surface area contributed by atoms with Gasteiger partial charge < -0.3 is 5.32 Å². The van der Waals surface area contributed by atoms with Crippen LogP contribution in [0.5, 0.6) is 0 Å². The summed E-state index contributed by atoms with van der Waals surface area (Å²) in [4.78, 5) is 11.9. The Balaban J connectivity index is 2.01. The van der Waals surface area contributed by atoms with Crippen LogP contribution in [0.3, 0.4) is 0 Å². The van der Waals surface area contributed by atoms with Crippen molar-refractivity contribution in [2.75, 3.05) is 5.32 Å². The average molecular weight is 305 g/mol. The van der Waals surface area contributed by atoms with Crippen LogP contribution in [0.1, 0.15) is 15.9 Å². The van der Waals surface area contributed by atoms with Crippen LogP contribution in [0.4, 0.5) is 5.69 Å². The van der Waals surface area contributed by atoms with Gasteiger partial charge in [0.2, 0.25) is 0 Å². The van der Waals surface area contributed by atoms with Gasteiger partial charge in [0.1, 0.15) is 0 Å². The summed E-state index contributed by atoms with van der Waals surface area (Å²) in [6, 6.07) is 14.3. The quantitative estimate of drug-likeness (QED) is 0.830. The third-order valence-corrected chi connectivity index (χ3v) is 3.14. The fourth-order valence-electron chi connectivity index (χ4n) is 1.69. The van der Waals surface area contributed by atoms with E-state index in [1.807, 2.05) is 25.1 Å². The van der Waals surface area contributed by atoms with E-state index in [-0.39, 0.29) is 11.0 Å². The molecule has 0 spiro atoms. The highest BCUT2D eigenvalue weighted by atomic mass is 35.5. The molecule has 0 atom stereocenters. The highest BCUT2D eigenvalue weighted by Gasteiger charge is 2.08. The molecule has 2 N–H and O–H groups in total. The molecule has 0 aliphatic heterocycles. The Hall–Kier alpha value is -1.91. The highest BCUT2D eigenvalue weighted by molar-refractivity contribution is 7.80. The summed E-state index contributed by atoms with van der Waals surface area (Å²) in [5, 5.41) is 6.53. The summed E-state index contributed by atoms with van der Waals surface area (Å²) in [7, 11) is 0. The predicted octanol–water partition coefficient (Wildman–Crippen LogP) is 3.78. The van der Waals surface area contributed by atoms with Gasteiger partial charge in [0.15, 0.2) is 5.11 Å². The SMILES string of the molecule is Cc1cc(Cl)ccc1NC(=S)NC(=O)c1ccccc1. The lowest BCUT2D eigenvalue weighted by Crippen LogP contribution is -2.34. The Morgan fingerprint density at radius 3 is 2.50 bits per heavy atom. The van der Waals surface area contributed by atoms with Crippen LogP contribution in [0.15, 0.2) is 48.5 Å². The summed E-state index contributed by atoms with van der Waals surface area (Å²) in [5.41, 5.74) is 2.33. The number of rotatable bonds is 2. The second-order valence-corrected chi connectivity index (χ2v) is 5.08. The highest BCUT2D eigenvalue weighted by Crippen LogP contribution is 2.19. The molecule has 5 heteroatoms. The molecule has 2 aromatic carbocycles. The van der Waals surface area contributed by atoms with Crippen LogP contribution < -0.4 is 10.6 Å². The number of amides is 1. The molecule has 0 heterocycles. The summed E-state index contributed by atoms with van der Waals surface area (Å²) >= 11 is 11.0. The second-order valence-electron chi connectivity index (χ2n) is 4.23. The van der Waals surface area contributed by atoms with Crippen LogP contribution in [-0.2, 0) is 0 Å². The summed E-state index contributed by atoms with van der Waals surface area (Å²) in [5.74, 6) is -0.241. The maximum atomic E-state index is 11.9. The molecule has 1 amide bonds. The molecule has 102 valence electrons. The Bertz CT molecular complexity index is 644. The fraction of sp³-hybridized carbons (Fsp3) is 0.0667. The number of halogens is 1. The van der Waals surface area contributed by atoms with Crippen molar-refractivity contribution in [1.82, 2.24) is 5.32 Å². The number of carbonyl (C=O) groups is 1. The molecule has 0 aliphatic rings. The smallest absolute Gasteiger partial charge is 0.257 e. The number of nitrogens with one attached hydrogen (secondary N) is 2. The molecule has 0 fully saturated rings. The Morgan fingerprint density at radius 2 is 1.85 bits per heavy atom. The second kappa shape index (κ2) is 6.50. The van der Waals surface area contributed by atoms with Crippen molar-refractivity contribution in [2.45, 2.75) is 6.92 Å². The van der Waals surface area contributed by atoms with E-state index in [1.54, 1.807) is 30.3 Å². The molecule has 2 aromatic rings. The van der Waals surface area contributed by atoms with Crippen molar-refractivity contribution < 1.29 is 4.79 Å². The fourth-order valence-corrected chi connectivity index (χ4v) is 2.12. The molecule has 0 bridgehead atoms. The summed E-state index contributed by atoms with van der Waals surface area (Å²) in [6.07, 6.45) is 0. The zero-order valence-corrected chi connectivity index (χ0v) is 12.4. The molecule has 0 saturated carbocycles. The van der Waals surface area contributed by atoms with E-state index < -0.39 is 0 Å². The zero-order valence-electron chi connectivity index (χ0n) is 10.8. The molecule has 0 radical (unpaired) electrons. The minimum absolute atomic E-state index is 0.241. The zero-order chi connectivity index (χ0) is 14.5. The Kier molecular flexibility index (Phi) is 4.71. The third-order valence-electron chi connectivity index (χ3n) is 2.70. The first kappa shape index (κ1) is 14.5. The maximum Gasteiger partial charge on any atom is 0.257 e. The third kappa shape index (κ3) is 3.79. The van der Waals surface area contributed by atoms with Gasteiger partial charge in [-0.3, -0.25) is 10.1 Å². The maximum absolute atomic E-state index is 11.9. The summed E-state index contributed by atoms with van der Waals surface area (Å²) in [6.45, 7) is 1.91. The lowest BCUT2D eigenvalue weighted by molar-refractivity contribution is 0.0977. The van der Waals surface area contributed by atoms with Gasteiger partial charge in [-0.25, -0.2) is 0 Å². The van der Waals surface area contributed by atoms with Crippen molar-refractivity contribution >= 4 is 40.5 Å². The molecule has 0 unspecified atom stereocenters. The first-order chi connectivity index (χ1) is 9.56. The molecule has 0 saturated heterocycles. The minimum Gasteiger partial charge on any atom is -0.332 e. The van der Waals surface area contributed by atoms with Gasteiger partial charge in [0.25, 0.3) is 5.91 Å². The lowest BCUT2D eigenvalue weighted by Gasteiger charge is -2.11. The molecular weight excluding hydrogens is 292 g/mol. The van der Waals surface area contributed by atoms with Crippen LogP contribution in [-0.4, -0.2) is 11.0 Å². The van der Waals surface area contributed by atoms with E-state index in [9.17, 15) is 4.79 Å². The number of aryl methyl sites for hydroxylation is 1. The van der Waals surface area contributed by atoms with Crippen molar-refractivity contribution in [2.24, 2.45) is 0 Å². The van der Waals surface area contributed by atoms with Crippen LogP contribution in [0.2, 0.25) is 5.02 Å². The van der Waals surface area contributed by atoms with Crippen LogP contribution >= 0.6 is 23.8 Å². The lowest BCUT2D eigenvalue weighted by atomic mass is 10.2. The van der Waals surface area contributed by atoms with E-state index in [2.05, 4.69) is 10.6 Å². The topological polar surface area (TPSA) is 41.1 Å². The molecule has 0 aliphatic carbocycles. The predicted molar refractivity (Wildman–Crippen MR) is 86.3 cm³/mol. The first-order valence-electron chi connectivity index (χ1n) is 6.00. The van der Waals surface area contributed by atoms with E-state index in [0.717, 1.165) is 11.3 Å². The summed E-state index contributed by atoms with van der Waals surface area (Å²) < 4.78 is 0. The van der Waals surface area contributed by atoms with E-state index in [4.69, 9.17) is 23.8 Å². The Labute approximate surface area is 128 Å². The number of hydrogen-bond acceptors (Lipinski definition) is 2.